The molecule has 3 fully saturated rings. The largest absolute Gasteiger partial charge is 0.352 e. The summed E-state index contributed by atoms with van der Waals surface area (Å²) in [7, 11) is 0. The minimum Gasteiger partial charge on any atom is -0.352 e. The van der Waals surface area contributed by atoms with Gasteiger partial charge in [-0.3, -0.25) is 19.4 Å². The van der Waals surface area contributed by atoms with Gasteiger partial charge in [0.1, 0.15) is 0 Å². The second-order valence-electron chi connectivity index (χ2n) is 7.70. The maximum Gasteiger partial charge on any atom is 0.237 e. The molecule has 0 radical (unpaired) electrons. The molecule has 1 heterocycles. The molecule has 1 saturated heterocycles. The van der Waals surface area contributed by atoms with Crippen molar-refractivity contribution in [2.75, 3.05) is 26.2 Å². The number of hydrogen-bond donors (Lipinski definition) is 2. The Bertz CT molecular complexity index is 452. The third-order valence-corrected chi connectivity index (χ3v) is 5.83. The third kappa shape index (κ3) is 4.48. The van der Waals surface area contributed by atoms with Crippen molar-refractivity contribution in [3.63, 3.8) is 0 Å². The number of nitrogens with zero attached hydrogens (tertiary/aromatic N) is 2. The van der Waals surface area contributed by atoms with Crippen molar-refractivity contribution >= 4 is 11.8 Å². The quantitative estimate of drug-likeness (QED) is 0.750. The molecule has 0 bridgehead atoms. The summed E-state index contributed by atoms with van der Waals surface area (Å²) in [5.74, 6) is 0.313. The van der Waals surface area contributed by atoms with Crippen molar-refractivity contribution in [1.82, 2.24) is 20.4 Å². The first-order valence-corrected chi connectivity index (χ1v) is 9.63. The maximum absolute atomic E-state index is 12.4. The van der Waals surface area contributed by atoms with Crippen LogP contribution in [-0.4, -0.2) is 72.0 Å². The zero-order valence-corrected chi connectivity index (χ0v) is 15.1. The van der Waals surface area contributed by atoms with Crippen molar-refractivity contribution in [2.45, 2.75) is 76.5 Å². The number of carbonyl (C=O) groups is 2. The van der Waals surface area contributed by atoms with E-state index in [-0.39, 0.29) is 23.9 Å². The van der Waals surface area contributed by atoms with E-state index in [1.807, 2.05) is 13.8 Å². The lowest BCUT2D eigenvalue weighted by molar-refractivity contribution is -0.130. The monoisotopic (exact) mass is 336 g/mol. The van der Waals surface area contributed by atoms with Gasteiger partial charge in [-0.2, -0.15) is 0 Å². The first kappa shape index (κ1) is 17.7. The third-order valence-electron chi connectivity index (χ3n) is 5.83. The summed E-state index contributed by atoms with van der Waals surface area (Å²) in [6, 6.07) is 0.645. The molecule has 24 heavy (non-hydrogen) atoms. The minimum absolute atomic E-state index is 0.0737. The number of nitrogens with one attached hydrogen (secondary N) is 2. The van der Waals surface area contributed by atoms with Crippen LogP contribution in [0.15, 0.2) is 0 Å². The van der Waals surface area contributed by atoms with Crippen molar-refractivity contribution in [3.05, 3.63) is 0 Å². The fourth-order valence-corrected chi connectivity index (χ4v) is 3.79. The molecule has 2 atom stereocenters. The van der Waals surface area contributed by atoms with Crippen LogP contribution in [0.5, 0.6) is 0 Å². The fourth-order valence-electron chi connectivity index (χ4n) is 3.79. The lowest BCUT2D eigenvalue weighted by Gasteiger charge is -2.39. The summed E-state index contributed by atoms with van der Waals surface area (Å²) in [5.41, 5.74) is 0. The van der Waals surface area contributed by atoms with Gasteiger partial charge in [-0.25, -0.2) is 0 Å². The number of hydrogen-bond acceptors (Lipinski definition) is 4. The van der Waals surface area contributed by atoms with Gasteiger partial charge in [-0.15, -0.1) is 0 Å². The van der Waals surface area contributed by atoms with E-state index in [4.69, 9.17) is 0 Å². The molecule has 136 valence electrons. The van der Waals surface area contributed by atoms with Gasteiger partial charge in [0, 0.05) is 38.3 Å². The number of amides is 2. The van der Waals surface area contributed by atoms with Crippen LogP contribution in [0, 0.1) is 0 Å². The molecular weight excluding hydrogens is 304 g/mol. The molecule has 0 aromatic rings. The van der Waals surface area contributed by atoms with Gasteiger partial charge in [0.25, 0.3) is 0 Å². The zero-order chi connectivity index (χ0) is 17.1. The van der Waals surface area contributed by atoms with Crippen LogP contribution in [0.2, 0.25) is 0 Å². The Labute approximate surface area is 145 Å². The summed E-state index contributed by atoms with van der Waals surface area (Å²) in [4.78, 5) is 29.1. The molecule has 3 rings (SSSR count). The molecule has 6 nitrogen and oxygen atoms in total. The molecule has 0 spiro atoms. The lowest BCUT2D eigenvalue weighted by Crippen LogP contribution is -2.58. The molecule has 3 aliphatic rings. The molecular formula is C18H32N4O2. The van der Waals surface area contributed by atoms with E-state index in [9.17, 15) is 9.59 Å². The summed E-state index contributed by atoms with van der Waals surface area (Å²) in [6.45, 7) is 7.38. The summed E-state index contributed by atoms with van der Waals surface area (Å²) >= 11 is 0. The normalized spacial score (nSPS) is 26.1. The van der Waals surface area contributed by atoms with Crippen LogP contribution < -0.4 is 10.6 Å². The van der Waals surface area contributed by atoms with E-state index in [0.717, 1.165) is 51.9 Å². The smallest absolute Gasteiger partial charge is 0.237 e. The maximum atomic E-state index is 12.4. The molecule has 0 aromatic heterocycles. The van der Waals surface area contributed by atoms with Crippen LogP contribution in [0.1, 0.15) is 52.4 Å². The van der Waals surface area contributed by atoms with Crippen molar-refractivity contribution in [1.29, 1.82) is 0 Å². The molecule has 2 aliphatic carbocycles. The molecule has 6 heteroatoms. The van der Waals surface area contributed by atoms with Gasteiger partial charge < -0.3 is 10.6 Å². The Balaban J connectivity index is 1.41. The average Bonchev–Trinajstić information content (AvgIpc) is 3.26. The summed E-state index contributed by atoms with van der Waals surface area (Å²) < 4.78 is 0. The molecule has 1 aliphatic heterocycles. The van der Waals surface area contributed by atoms with Crippen LogP contribution >= 0.6 is 0 Å². The molecule has 2 N–H and O–H groups in total. The number of piperazine rings is 1. The van der Waals surface area contributed by atoms with Crippen LogP contribution in [-0.2, 0) is 9.59 Å². The van der Waals surface area contributed by atoms with Crippen LogP contribution in [0.4, 0.5) is 0 Å². The van der Waals surface area contributed by atoms with E-state index in [1.54, 1.807) is 0 Å². The van der Waals surface area contributed by atoms with Gasteiger partial charge >= 0.3 is 0 Å². The van der Waals surface area contributed by atoms with Crippen LogP contribution in [0.25, 0.3) is 0 Å². The zero-order valence-electron chi connectivity index (χ0n) is 15.1. The molecule has 0 aromatic carbocycles. The summed E-state index contributed by atoms with van der Waals surface area (Å²) in [5, 5.41) is 6.28. The van der Waals surface area contributed by atoms with E-state index in [2.05, 4.69) is 20.4 Å². The first-order valence-electron chi connectivity index (χ1n) is 9.63. The highest BCUT2D eigenvalue weighted by molar-refractivity contribution is 5.82. The van der Waals surface area contributed by atoms with Crippen molar-refractivity contribution in [3.8, 4) is 0 Å². The Morgan fingerprint density at radius 3 is 1.50 bits per heavy atom. The van der Waals surface area contributed by atoms with E-state index in [1.165, 1.54) is 12.8 Å². The van der Waals surface area contributed by atoms with Gasteiger partial charge in [0.05, 0.1) is 12.1 Å². The van der Waals surface area contributed by atoms with E-state index in [0.29, 0.717) is 12.1 Å². The molecule has 2 saturated carbocycles. The molecule has 2 unspecified atom stereocenters. The van der Waals surface area contributed by atoms with Gasteiger partial charge in [-0.05, 0) is 39.5 Å². The lowest BCUT2D eigenvalue weighted by atomic mass is 10.1. The van der Waals surface area contributed by atoms with Gasteiger partial charge in [0.2, 0.25) is 11.8 Å². The van der Waals surface area contributed by atoms with Crippen molar-refractivity contribution in [2.24, 2.45) is 0 Å². The Kier molecular flexibility index (Phi) is 5.76. The topological polar surface area (TPSA) is 64.7 Å². The second kappa shape index (κ2) is 7.83. The van der Waals surface area contributed by atoms with Gasteiger partial charge in [-0.1, -0.05) is 12.8 Å². The highest BCUT2D eigenvalue weighted by Crippen LogP contribution is 2.20. The first-order chi connectivity index (χ1) is 11.5. The van der Waals surface area contributed by atoms with Crippen molar-refractivity contribution < 1.29 is 9.59 Å². The highest BCUT2D eigenvalue weighted by atomic mass is 16.2. The SMILES string of the molecule is CC(C(=O)NC1CCCC1)N1CCN(C(C)C(=O)NC2CC2)CC1. The second-order valence-corrected chi connectivity index (χ2v) is 7.70. The summed E-state index contributed by atoms with van der Waals surface area (Å²) in [6.07, 6.45) is 6.97. The number of rotatable bonds is 6. The fraction of sp³-hybridized carbons (Fsp3) is 0.889. The Morgan fingerprint density at radius 1 is 0.750 bits per heavy atom. The molecule has 2 amide bonds. The average molecular weight is 336 g/mol. The van der Waals surface area contributed by atoms with E-state index >= 15 is 0 Å². The Morgan fingerprint density at radius 2 is 1.12 bits per heavy atom. The predicted molar refractivity (Wildman–Crippen MR) is 93.6 cm³/mol. The number of carbonyl (C=O) groups excluding carboxylic acids is 2. The standard InChI is InChI=1S/C18H32N4O2/c1-13(17(23)19-15-5-3-4-6-15)21-9-11-22(12-10-21)14(2)18(24)20-16-7-8-16/h13-16H,3-12H2,1-2H3,(H,19,23)(H,20,24). The minimum atomic E-state index is -0.0802. The Hall–Kier alpha value is -1.14. The van der Waals surface area contributed by atoms with Crippen LogP contribution in [0.3, 0.4) is 0 Å². The predicted octanol–water partition coefficient (Wildman–Crippen LogP) is 0.718. The highest BCUT2D eigenvalue weighted by Gasteiger charge is 2.32. The van der Waals surface area contributed by atoms with E-state index < -0.39 is 0 Å². The van der Waals surface area contributed by atoms with Gasteiger partial charge in [0.15, 0.2) is 0 Å².